The number of anilines is 2. The fourth-order valence-electron chi connectivity index (χ4n) is 2.38. The van der Waals surface area contributed by atoms with E-state index in [1.807, 2.05) is 26.0 Å². The van der Waals surface area contributed by atoms with Crippen molar-refractivity contribution in [1.29, 1.82) is 0 Å². The van der Waals surface area contributed by atoms with Gasteiger partial charge in [-0.2, -0.15) is 0 Å². The Labute approximate surface area is 126 Å². The van der Waals surface area contributed by atoms with Crippen molar-refractivity contribution >= 4 is 11.4 Å². The number of hydrogen-bond acceptors (Lipinski definition) is 3. The molecule has 4 heteroatoms. The van der Waals surface area contributed by atoms with Gasteiger partial charge < -0.3 is 5.32 Å². The third-order valence-electron chi connectivity index (χ3n) is 3.84. The van der Waals surface area contributed by atoms with Gasteiger partial charge in [0.1, 0.15) is 11.5 Å². The number of benzene rings is 2. The SMILES string of the molecule is Cc1ccc(-c2c(Nc3ccccc3F)c(=O)c2=O)cc1C. The van der Waals surface area contributed by atoms with E-state index in [1.54, 1.807) is 18.2 Å². The molecule has 0 saturated carbocycles. The first-order valence-electron chi connectivity index (χ1n) is 6.91. The van der Waals surface area contributed by atoms with Crippen molar-refractivity contribution in [2.45, 2.75) is 13.8 Å². The smallest absolute Gasteiger partial charge is 0.250 e. The van der Waals surface area contributed by atoms with E-state index in [4.69, 9.17) is 0 Å². The van der Waals surface area contributed by atoms with Crippen molar-refractivity contribution in [3.05, 3.63) is 79.9 Å². The molecule has 110 valence electrons. The fraction of sp³-hybridized carbons (Fsp3) is 0.111. The van der Waals surface area contributed by atoms with E-state index in [0.717, 1.165) is 11.1 Å². The standard InChI is InChI=1S/C18H14FNO2/c1-10-7-8-12(9-11(10)2)15-16(18(22)17(15)21)20-14-6-4-3-5-13(14)19/h3-9,20H,1-2H3. The first kappa shape index (κ1) is 14.2. The molecular weight excluding hydrogens is 281 g/mol. The van der Waals surface area contributed by atoms with E-state index in [-0.39, 0.29) is 11.4 Å². The lowest BCUT2D eigenvalue weighted by molar-refractivity contribution is 0.632. The van der Waals surface area contributed by atoms with E-state index in [1.165, 1.54) is 12.1 Å². The number of halogens is 1. The molecule has 0 aliphatic rings. The zero-order valence-corrected chi connectivity index (χ0v) is 12.2. The number of rotatable bonds is 3. The minimum atomic E-state index is -0.614. The summed E-state index contributed by atoms with van der Waals surface area (Å²) >= 11 is 0. The van der Waals surface area contributed by atoms with Gasteiger partial charge in [0.2, 0.25) is 5.43 Å². The molecule has 0 amide bonds. The van der Waals surface area contributed by atoms with Crippen LogP contribution in [-0.2, 0) is 0 Å². The predicted molar refractivity (Wildman–Crippen MR) is 85.9 cm³/mol. The molecule has 0 radical (unpaired) electrons. The van der Waals surface area contributed by atoms with Crippen LogP contribution in [0.25, 0.3) is 11.1 Å². The fourth-order valence-corrected chi connectivity index (χ4v) is 2.38. The third kappa shape index (κ3) is 2.22. The van der Waals surface area contributed by atoms with Gasteiger partial charge in [0.25, 0.3) is 5.43 Å². The molecule has 1 N–H and O–H groups in total. The van der Waals surface area contributed by atoms with Crippen LogP contribution in [0.5, 0.6) is 0 Å². The highest BCUT2D eigenvalue weighted by atomic mass is 19.1. The summed E-state index contributed by atoms with van der Waals surface area (Å²) < 4.78 is 13.7. The van der Waals surface area contributed by atoms with E-state index < -0.39 is 16.7 Å². The van der Waals surface area contributed by atoms with Crippen molar-refractivity contribution < 1.29 is 4.39 Å². The van der Waals surface area contributed by atoms with E-state index in [0.29, 0.717) is 11.1 Å². The average Bonchev–Trinajstić information content (AvgIpc) is 2.51. The summed E-state index contributed by atoms with van der Waals surface area (Å²) in [6, 6.07) is 11.6. The Kier molecular flexibility index (Phi) is 3.37. The molecule has 22 heavy (non-hydrogen) atoms. The molecule has 0 aliphatic carbocycles. The summed E-state index contributed by atoms with van der Waals surface area (Å²) in [5, 5.41) is 2.74. The van der Waals surface area contributed by atoms with E-state index in [9.17, 15) is 14.0 Å². The lowest BCUT2D eigenvalue weighted by Crippen LogP contribution is -2.35. The molecule has 3 aromatic carbocycles. The van der Waals surface area contributed by atoms with Gasteiger partial charge in [0.05, 0.1) is 11.3 Å². The quantitative estimate of drug-likeness (QED) is 0.753. The molecule has 0 aliphatic heterocycles. The van der Waals surface area contributed by atoms with Crippen LogP contribution in [-0.4, -0.2) is 0 Å². The minimum absolute atomic E-state index is 0.151. The zero-order chi connectivity index (χ0) is 15.9. The number of para-hydroxylation sites is 1. The van der Waals surface area contributed by atoms with Gasteiger partial charge in [-0.15, -0.1) is 0 Å². The highest BCUT2D eigenvalue weighted by Gasteiger charge is 2.23. The molecule has 0 heterocycles. The van der Waals surface area contributed by atoms with Crippen LogP contribution < -0.4 is 16.2 Å². The maximum atomic E-state index is 13.7. The largest absolute Gasteiger partial charge is 0.349 e. The normalized spacial score (nSPS) is 10.9. The molecule has 0 aromatic heterocycles. The van der Waals surface area contributed by atoms with Gasteiger partial charge in [-0.25, -0.2) is 4.39 Å². The highest BCUT2D eigenvalue weighted by molar-refractivity contribution is 5.85. The number of hydrogen-bond donors (Lipinski definition) is 1. The van der Waals surface area contributed by atoms with E-state index in [2.05, 4.69) is 5.32 Å². The zero-order valence-electron chi connectivity index (χ0n) is 12.2. The first-order chi connectivity index (χ1) is 10.5. The van der Waals surface area contributed by atoms with Crippen LogP contribution in [0.15, 0.2) is 52.1 Å². The van der Waals surface area contributed by atoms with Crippen LogP contribution >= 0.6 is 0 Å². The molecule has 0 saturated heterocycles. The van der Waals surface area contributed by atoms with Gasteiger partial charge in [0.15, 0.2) is 0 Å². The summed E-state index contributed by atoms with van der Waals surface area (Å²) in [6.45, 7) is 3.91. The van der Waals surface area contributed by atoms with Crippen molar-refractivity contribution in [3.63, 3.8) is 0 Å². The molecule has 0 bridgehead atoms. The second kappa shape index (κ2) is 5.22. The summed E-state index contributed by atoms with van der Waals surface area (Å²) in [7, 11) is 0. The third-order valence-corrected chi connectivity index (χ3v) is 3.84. The molecule has 0 atom stereocenters. The van der Waals surface area contributed by atoms with Crippen molar-refractivity contribution in [2.24, 2.45) is 0 Å². The Morgan fingerprint density at radius 2 is 1.64 bits per heavy atom. The average molecular weight is 295 g/mol. The second-order valence-corrected chi connectivity index (χ2v) is 5.31. The van der Waals surface area contributed by atoms with Crippen molar-refractivity contribution in [2.75, 3.05) is 5.32 Å². The summed E-state index contributed by atoms with van der Waals surface area (Å²) in [6.07, 6.45) is 0. The molecule has 3 aromatic rings. The van der Waals surface area contributed by atoms with Gasteiger partial charge >= 0.3 is 0 Å². The molecule has 0 fully saturated rings. The molecule has 3 rings (SSSR count). The first-order valence-corrected chi connectivity index (χ1v) is 6.91. The molecular formula is C18H14FNO2. The van der Waals surface area contributed by atoms with Crippen LogP contribution in [0.4, 0.5) is 15.8 Å². The summed E-state index contributed by atoms with van der Waals surface area (Å²) in [4.78, 5) is 23.7. The van der Waals surface area contributed by atoms with Crippen LogP contribution in [0.1, 0.15) is 11.1 Å². The van der Waals surface area contributed by atoms with Crippen LogP contribution in [0.3, 0.4) is 0 Å². The Hall–Kier alpha value is -2.75. The van der Waals surface area contributed by atoms with Gasteiger partial charge in [-0.1, -0.05) is 30.3 Å². The molecule has 0 spiro atoms. The van der Waals surface area contributed by atoms with Crippen LogP contribution in [0, 0.1) is 19.7 Å². The molecule has 3 nitrogen and oxygen atoms in total. The maximum Gasteiger partial charge on any atom is 0.250 e. The second-order valence-electron chi connectivity index (χ2n) is 5.31. The summed E-state index contributed by atoms with van der Waals surface area (Å²) in [5.41, 5.74) is 2.30. The Bertz CT molecular complexity index is 937. The lowest BCUT2D eigenvalue weighted by Gasteiger charge is -2.14. The topological polar surface area (TPSA) is 46.2 Å². The Balaban J connectivity index is 2.06. The minimum Gasteiger partial charge on any atom is -0.349 e. The van der Waals surface area contributed by atoms with Crippen molar-refractivity contribution in [1.82, 2.24) is 0 Å². The highest BCUT2D eigenvalue weighted by Crippen LogP contribution is 2.28. The Morgan fingerprint density at radius 3 is 2.32 bits per heavy atom. The van der Waals surface area contributed by atoms with E-state index >= 15 is 0 Å². The lowest BCUT2D eigenvalue weighted by atomic mass is 9.95. The van der Waals surface area contributed by atoms with Gasteiger partial charge in [0, 0.05) is 0 Å². The maximum absolute atomic E-state index is 13.7. The molecule has 0 unspecified atom stereocenters. The predicted octanol–water partition coefficient (Wildman–Crippen LogP) is 3.45. The van der Waals surface area contributed by atoms with Gasteiger partial charge in [-0.3, -0.25) is 9.59 Å². The number of aryl methyl sites for hydroxylation is 2. The monoisotopic (exact) mass is 295 g/mol. The Morgan fingerprint density at radius 1 is 0.909 bits per heavy atom. The van der Waals surface area contributed by atoms with Crippen LogP contribution in [0.2, 0.25) is 0 Å². The number of nitrogens with one attached hydrogen (secondary N) is 1. The summed E-state index contributed by atoms with van der Waals surface area (Å²) in [5.74, 6) is -0.471. The van der Waals surface area contributed by atoms with Gasteiger partial charge in [-0.05, 0) is 42.7 Å². The van der Waals surface area contributed by atoms with Crippen molar-refractivity contribution in [3.8, 4) is 11.1 Å².